The molecule has 1 aliphatic carbocycles. The predicted octanol–water partition coefficient (Wildman–Crippen LogP) is 3.66. The molecule has 1 aliphatic rings. The molecule has 0 saturated carbocycles. The van der Waals surface area contributed by atoms with Gasteiger partial charge in [0, 0.05) is 31.5 Å². The van der Waals surface area contributed by atoms with Crippen molar-refractivity contribution in [1.82, 2.24) is 10.6 Å². The summed E-state index contributed by atoms with van der Waals surface area (Å²) in [7, 11) is 0. The molecule has 0 aliphatic heterocycles. The molecule has 2 amide bonds. The molecule has 7 heteroatoms. The van der Waals surface area contributed by atoms with E-state index in [9.17, 15) is 19.2 Å². The summed E-state index contributed by atoms with van der Waals surface area (Å²) < 4.78 is 5.48. The molecule has 0 heterocycles. The fourth-order valence-corrected chi connectivity index (χ4v) is 4.24. The lowest BCUT2D eigenvalue weighted by Gasteiger charge is -2.14. The number of hydrogen-bond acceptors (Lipinski definition) is 5. The van der Waals surface area contributed by atoms with E-state index in [2.05, 4.69) is 34.9 Å². The third kappa shape index (κ3) is 5.63. The first kappa shape index (κ1) is 23.9. The highest BCUT2D eigenvalue weighted by Gasteiger charge is 2.28. The van der Waals surface area contributed by atoms with E-state index in [-0.39, 0.29) is 37.9 Å². The van der Waals surface area contributed by atoms with E-state index in [0.29, 0.717) is 11.1 Å². The molecular weight excluding hydrogens is 444 g/mol. The number of benzene rings is 3. The Bertz CT molecular complexity index is 1220. The Balaban J connectivity index is 1.19. The summed E-state index contributed by atoms with van der Waals surface area (Å²) in [4.78, 5) is 47.2. The first-order chi connectivity index (χ1) is 16.9. The second kappa shape index (κ2) is 10.8. The van der Waals surface area contributed by atoms with Crippen LogP contribution >= 0.6 is 0 Å². The van der Waals surface area contributed by atoms with Crippen molar-refractivity contribution in [2.24, 2.45) is 0 Å². The maximum absolute atomic E-state index is 12.2. The highest BCUT2D eigenvalue weighted by molar-refractivity contribution is 6.42. The quantitative estimate of drug-likeness (QED) is 0.282. The van der Waals surface area contributed by atoms with Gasteiger partial charge in [-0.25, -0.2) is 4.79 Å². The van der Waals surface area contributed by atoms with E-state index in [1.807, 2.05) is 24.3 Å². The zero-order chi connectivity index (χ0) is 24.8. The number of amides is 2. The largest absolute Gasteiger partial charge is 0.449 e. The van der Waals surface area contributed by atoms with Gasteiger partial charge in [-0.1, -0.05) is 72.8 Å². The summed E-state index contributed by atoms with van der Waals surface area (Å²) in [5.41, 5.74) is 5.64. The summed E-state index contributed by atoms with van der Waals surface area (Å²) in [6.45, 7) is 1.94. The minimum absolute atomic E-state index is 0.00928. The van der Waals surface area contributed by atoms with Crippen molar-refractivity contribution in [3.63, 3.8) is 0 Å². The van der Waals surface area contributed by atoms with E-state index < -0.39 is 17.7 Å². The zero-order valence-corrected chi connectivity index (χ0v) is 19.4. The molecule has 3 aromatic carbocycles. The van der Waals surface area contributed by atoms with Crippen LogP contribution in [0.4, 0.5) is 4.79 Å². The lowest BCUT2D eigenvalue weighted by Crippen LogP contribution is -2.36. The molecule has 0 saturated heterocycles. The van der Waals surface area contributed by atoms with Gasteiger partial charge < -0.3 is 15.4 Å². The van der Waals surface area contributed by atoms with Crippen LogP contribution in [0.5, 0.6) is 0 Å². The minimum atomic E-state index is -0.555. The number of ether oxygens (including phenoxy) is 1. The molecule has 0 atom stereocenters. The van der Waals surface area contributed by atoms with Gasteiger partial charge in [0.2, 0.25) is 11.7 Å². The van der Waals surface area contributed by atoms with E-state index in [4.69, 9.17) is 4.74 Å². The van der Waals surface area contributed by atoms with Crippen LogP contribution in [0.2, 0.25) is 0 Å². The van der Waals surface area contributed by atoms with Crippen molar-refractivity contribution in [1.29, 1.82) is 0 Å². The van der Waals surface area contributed by atoms with Gasteiger partial charge in [0.1, 0.15) is 6.61 Å². The lowest BCUT2D eigenvalue weighted by molar-refractivity contribution is -0.120. The Morgan fingerprint density at radius 1 is 0.771 bits per heavy atom. The number of carbonyl (C=O) groups is 4. The van der Waals surface area contributed by atoms with Gasteiger partial charge in [0.15, 0.2) is 5.78 Å². The van der Waals surface area contributed by atoms with Gasteiger partial charge in [0.05, 0.1) is 6.42 Å². The molecule has 0 spiro atoms. The highest BCUT2D eigenvalue weighted by Crippen LogP contribution is 2.44. The first-order valence-corrected chi connectivity index (χ1v) is 11.4. The molecule has 0 aromatic heterocycles. The number of nitrogens with one attached hydrogen (secondary N) is 2. The Morgan fingerprint density at radius 2 is 1.34 bits per heavy atom. The van der Waals surface area contributed by atoms with Crippen LogP contribution in [0, 0.1) is 0 Å². The van der Waals surface area contributed by atoms with Gasteiger partial charge in [0.25, 0.3) is 0 Å². The Labute approximate surface area is 203 Å². The van der Waals surface area contributed by atoms with Crippen LogP contribution in [0.3, 0.4) is 0 Å². The Hall–Kier alpha value is -4.26. The van der Waals surface area contributed by atoms with Gasteiger partial charge in [-0.3, -0.25) is 14.4 Å². The van der Waals surface area contributed by atoms with Crippen molar-refractivity contribution >= 4 is 23.6 Å². The number of ketones is 2. The number of carbonyl (C=O) groups excluding carboxylic acids is 4. The first-order valence-electron chi connectivity index (χ1n) is 11.4. The zero-order valence-electron chi connectivity index (χ0n) is 19.4. The molecule has 0 bridgehead atoms. The Kier molecular flexibility index (Phi) is 7.35. The van der Waals surface area contributed by atoms with Crippen LogP contribution in [-0.2, 0) is 20.7 Å². The lowest BCUT2D eigenvalue weighted by atomic mass is 9.98. The summed E-state index contributed by atoms with van der Waals surface area (Å²) in [6, 6.07) is 22.6. The summed E-state index contributed by atoms with van der Waals surface area (Å²) in [5, 5.41) is 5.39. The molecule has 0 radical (unpaired) electrons. The third-order valence-corrected chi connectivity index (χ3v) is 5.96. The monoisotopic (exact) mass is 470 g/mol. The van der Waals surface area contributed by atoms with Gasteiger partial charge in [-0.15, -0.1) is 0 Å². The van der Waals surface area contributed by atoms with E-state index in [1.165, 1.54) is 30.2 Å². The predicted molar refractivity (Wildman–Crippen MR) is 131 cm³/mol. The molecule has 35 heavy (non-hydrogen) atoms. The number of hydrogen-bond donors (Lipinski definition) is 2. The standard InChI is InChI=1S/C28H26N2O5/c1-18(31)27(33)20-12-10-19(11-13-20)16-26(32)29-14-15-30-28(34)35-17-25-23-8-4-2-6-21(23)22-7-3-5-9-24(22)25/h2-13,25H,14-17H2,1H3,(H,29,32)(H,30,34). The van der Waals surface area contributed by atoms with E-state index in [0.717, 1.165) is 11.1 Å². The maximum atomic E-state index is 12.2. The topological polar surface area (TPSA) is 102 Å². The highest BCUT2D eigenvalue weighted by atomic mass is 16.5. The summed E-state index contributed by atoms with van der Waals surface area (Å²) in [5.74, 6) is -1.31. The van der Waals surface area contributed by atoms with Crippen molar-refractivity contribution in [2.75, 3.05) is 19.7 Å². The number of alkyl carbamates (subject to hydrolysis) is 1. The molecule has 0 fully saturated rings. The van der Waals surface area contributed by atoms with Crippen molar-refractivity contribution in [3.8, 4) is 11.1 Å². The summed E-state index contributed by atoms with van der Waals surface area (Å²) in [6.07, 6.45) is -0.411. The van der Waals surface area contributed by atoms with Gasteiger partial charge in [-0.05, 0) is 27.8 Å². The smallest absolute Gasteiger partial charge is 0.407 e. The molecule has 0 unspecified atom stereocenters. The fourth-order valence-electron chi connectivity index (χ4n) is 4.24. The molecule has 178 valence electrons. The van der Waals surface area contributed by atoms with Crippen molar-refractivity contribution in [2.45, 2.75) is 19.3 Å². The van der Waals surface area contributed by atoms with Crippen LogP contribution < -0.4 is 10.6 Å². The molecule has 4 rings (SSSR count). The average molecular weight is 471 g/mol. The van der Waals surface area contributed by atoms with Crippen LogP contribution in [0.25, 0.3) is 11.1 Å². The summed E-state index contributed by atoms with van der Waals surface area (Å²) >= 11 is 0. The number of fused-ring (bicyclic) bond motifs is 3. The van der Waals surface area contributed by atoms with Gasteiger partial charge >= 0.3 is 6.09 Å². The molecule has 7 nitrogen and oxygen atoms in total. The minimum Gasteiger partial charge on any atom is -0.449 e. The van der Waals surface area contributed by atoms with Crippen molar-refractivity contribution in [3.05, 3.63) is 95.1 Å². The van der Waals surface area contributed by atoms with E-state index >= 15 is 0 Å². The second-order valence-electron chi connectivity index (χ2n) is 8.36. The number of Topliss-reactive ketones (excluding diaryl/α,β-unsaturated/α-hetero) is 2. The molecule has 3 aromatic rings. The molecular formula is C28H26N2O5. The molecule has 2 N–H and O–H groups in total. The van der Waals surface area contributed by atoms with Crippen molar-refractivity contribution < 1.29 is 23.9 Å². The maximum Gasteiger partial charge on any atom is 0.407 e. The van der Waals surface area contributed by atoms with Crippen LogP contribution in [0.15, 0.2) is 72.8 Å². The average Bonchev–Trinajstić information content (AvgIpc) is 3.19. The third-order valence-electron chi connectivity index (χ3n) is 5.96. The van der Waals surface area contributed by atoms with E-state index in [1.54, 1.807) is 12.1 Å². The Morgan fingerprint density at radius 3 is 1.94 bits per heavy atom. The second-order valence-corrected chi connectivity index (χ2v) is 8.36. The SMILES string of the molecule is CC(=O)C(=O)c1ccc(CC(=O)NCCNC(=O)OCC2c3ccccc3-c3ccccc32)cc1. The van der Waals surface area contributed by atoms with Crippen LogP contribution in [0.1, 0.15) is 39.9 Å². The number of rotatable bonds is 9. The van der Waals surface area contributed by atoms with Crippen LogP contribution in [-0.4, -0.2) is 43.3 Å². The fraction of sp³-hybridized carbons (Fsp3) is 0.214. The normalized spacial score (nSPS) is 11.8. The van der Waals surface area contributed by atoms with Gasteiger partial charge in [-0.2, -0.15) is 0 Å².